The van der Waals surface area contributed by atoms with Crippen LogP contribution in [0.4, 0.5) is 0 Å². The van der Waals surface area contributed by atoms with E-state index in [4.69, 9.17) is 23.7 Å². The van der Waals surface area contributed by atoms with Gasteiger partial charge in [0, 0.05) is 27.9 Å². The zero-order valence-electron chi connectivity index (χ0n) is 17.9. The highest BCUT2D eigenvalue weighted by atomic mass is 16.7. The molecule has 11 heteroatoms. The summed E-state index contributed by atoms with van der Waals surface area (Å²) in [7, 11) is 1.27. The molecule has 2 aliphatic rings. The first-order valence-corrected chi connectivity index (χ1v) is 9.78. The highest BCUT2D eigenvalue weighted by Gasteiger charge is 2.57. The van der Waals surface area contributed by atoms with E-state index in [1.807, 2.05) is 0 Å². The van der Waals surface area contributed by atoms with Crippen LogP contribution in [0.2, 0.25) is 0 Å². The summed E-state index contributed by atoms with van der Waals surface area (Å²) in [5, 5.41) is 0. The predicted molar refractivity (Wildman–Crippen MR) is 104 cm³/mol. The third kappa shape index (κ3) is 4.48. The minimum absolute atomic E-state index is 0.167. The molecule has 5 atom stereocenters. The molecule has 0 saturated carbocycles. The monoisotopic (exact) mass is 449 g/mol. The maximum absolute atomic E-state index is 13.1. The summed E-state index contributed by atoms with van der Waals surface area (Å²) in [6, 6.07) is 4.93. The van der Waals surface area contributed by atoms with Crippen LogP contribution in [0, 0.1) is 0 Å². The third-order valence-corrected chi connectivity index (χ3v) is 5.03. The van der Waals surface area contributed by atoms with Gasteiger partial charge < -0.3 is 23.7 Å². The number of hydrogen-bond acceptors (Lipinski definition) is 10. The van der Waals surface area contributed by atoms with Crippen LogP contribution < -0.4 is 0 Å². The Morgan fingerprint density at radius 3 is 1.91 bits per heavy atom. The van der Waals surface area contributed by atoms with Gasteiger partial charge in [0.25, 0.3) is 11.8 Å². The first-order chi connectivity index (χ1) is 15.1. The molecule has 3 rings (SSSR count). The molecule has 1 saturated heterocycles. The summed E-state index contributed by atoms with van der Waals surface area (Å²) in [5.41, 5.74) is 0.333. The van der Waals surface area contributed by atoms with Gasteiger partial charge in [-0.15, -0.1) is 0 Å². The lowest BCUT2D eigenvalue weighted by Crippen LogP contribution is -2.67. The van der Waals surface area contributed by atoms with Gasteiger partial charge in [0.2, 0.25) is 0 Å². The van der Waals surface area contributed by atoms with Crippen LogP contribution in [-0.4, -0.2) is 79.0 Å². The zero-order valence-corrected chi connectivity index (χ0v) is 17.9. The standard InChI is InChI=1S/C21H23NO10/c1-10(23)29-9-15-17(30-11(2)24)18(31-12(3)25)16(21(28-4)32-15)22-19(26)13-7-5-6-8-14(13)20(22)27/h5-8,15-18,21H,9H2,1-4H3/t15?,16?,17-,18?,21+/m0/s1. The summed E-state index contributed by atoms with van der Waals surface area (Å²) in [4.78, 5) is 62.1. The molecule has 1 aromatic carbocycles. The molecule has 11 nitrogen and oxygen atoms in total. The number of carbonyl (C=O) groups excluding carboxylic acids is 5. The number of benzene rings is 1. The molecule has 0 aromatic heterocycles. The predicted octanol–water partition coefficient (Wildman–Crippen LogP) is 0.449. The lowest BCUT2D eigenvalue weighted by Gasteiger charge is -2.46. The molecule has 2 amide bonds. The zero-order chi connectivity index (χ0) is 23.6. The number of methoxy groups -OCH3 is 1. The number of ether oxygens (including phenoxy) is 5. The molecule has 0 spiro atoms. The van der Waals surface area contributed by atoms with Crippen molar-refractivity contribution in [1.29, 1.82) is 0 Å². The van der Waals surface area contributed by atoms with Crippen molar-refractivity contribution >= 4 is 29.7 Å². The van der Waals surface area contributed by atoms with Crippen molar-refractivity contribution in [3.63, 3.8) is 0 Å². The van der Waals surface area contributed by atoms with Crippen LogP contribution in [0.3, 0.4) is 0 Å². The molecular weight excluding hydrogens is 426 g/mol. The van der Waals surface area contributed by atoms with Gasteiger partial charge in [0.1, 0.15) is 18.8 Å². The van der Waals surface area contributed by atoms with Crippen LogP contribution in [0.1, 0.15) is 41.5 Å². The van der Waals surface area contributed by atoms with Gasteiger partial charge in [-0.1, -0.05) is 12.1 Å². The number of nitrogens with zero attached hydrogens (tertiary/aromatic N) is 1. The molecule has 2 heterocycles. The van der Waals surface area contributed by atoms with E-state index < -0.39 is 60.4 Å². The van der Waals surface area contributed by atoms with Gasteiger partial charge in [-0.3, -0.25) is 28.9 Å². The summed E-state index contributed by atoms with van der Waals surface area (Å²) in [5.74, 6) is -3.38. The summed E-state index contributed by atoms with van der Waals surface area (Å²) < 4.78 is 27.0. The number of rotatable bonds is 6. The van der Waals surface area contributed by atoms with E-state index in [1.165, 1.54) is 26.2 Å². The number of carbonyl (C=O) groups is 5. The second-order valence-electron chi connectivity index (χ2n) is 7.25. The Balaban J connectivity index is 2.05. The Kier molecular flexibility index (Phi) is 6.90. The number of fused-ring (bicyclic) bond motifs is 1. The Hall–Kier alpha value is -3.31. The largest absolute Gasteiger partial charge is 0.463 e. The molecule has 32 heavy (non-hydrogen) atoms. The molecule has 1 aromatic rings. The van der Waals surface area contributed by atoms with Gasteiger partial charge in [0.15, 0.2) is 18.5 Å². The maximum Gasteiger partial charge on any atom is 0.303 e. The molecule has 0 bridgehead atoms. The van der Waals surface area contributed by atoms with Crippen molar-refractivity contribution in [2.45, 2.75) is 51.4 Å². The van der Waals surface area contributed by atoms with Crippen LogP contribution >= 0.6 is 0 Å². The SMILES string of the molecule is CO[C@@H]1OC(COC(C)=O)[C@H](OC(C)=O)C(OC(C)=O)C1N1C(=O)c2ccccc2C1=O. The van der Waals surface area contributed by atoms with E-state index in [0.717, 1.165) is 18.7 Å². The van der Waals surface area contributed by atoms with E-state index in [0.29, 0.717) is 0 Å². The topological polar surface area (TPSA) is 135 Å². The molecule has 0 N–H and O–H groups in total. The number of esters is 3. The van der Waals surface area contributed by atoms with E-state index in [2.05, 4.69) is 0 Å². The highest BCUT2D eigenvalue weighted by Crippen LogP contribution is 2.35. The van der Waals surface area contributed by atoms with Crippen LogP contribution in [0.25, 0.3) is 0 Å². The van der Waals surface area contributed by atoms with Gasteiger partial charge in [-0.05, 0) is 12.1 Å². The third-order valence-electron chi connectivity index (χ3n) is 5.03. The van der Waals surface area contributed by atoms with E-state index >= 15 is 0 Å². The van der Waals surface area contributed by atoms with Gasteiger partial charge in [-0.25, -0.2) is 0 Å². The van der Waals surface area contributed by atoms with Crippen LogP contribution in [0.5, 0.6) is 0 Å². The molecular formula is C21H23NO10. The molecule has 172 valence electrons. The minimum Gasteiger partial charge on any atom is -0.463 e. The lowest BCUT2D eigenvalue weighted by atomic mass is 9.94. The first-order valence-electron chi connectivity index (χ1n) is 9.78. The Morgan fingerprint density at radius 1 is 0.906 bits per heavy atom. The maximum atomic E-state index is 13.1. The number of imide groups is 1. The van der Waals surface area contributed by atoms with Crippen LogP contribution in [0.15, 0.2) is 24.3 Å². The molecule has 2 aliphatic heterocycles. The summed E-state index contributed by atoms with van der Waals surface area (Å²) in [6.45, 7) is 3.10. The van der Waals surface area contributed by atoms with Crippen molar-refractivity contribution < 1.29 is 47.7 Å². The Labute approximate surface area is 183 Å². The van der Waals surface area contributed by atoms with Crippen molar-refractivity contribution in [2.24, 2.45) is 0 Å². The highest BCUT2D eigenvalue weighted by molar-refractivity contribution is 6.21. The van der Waals surface area contributed by atoms with E-state index in [1.54, 1.807) is 12.1 Å². The first kappa shape index (κ1) is 23.4. The fraction of sp³-hybridized carbons (Fsp3) is 0.476. The molecule has 1 fully saturated rings. The summed E-state index contributed by atoms with van der Waals surface area (Å²) >= 11 is 0. The second-order valence-corrected chi connectivity index (χ2v) is 7.25. The van der Waals surface area contributed by atoms with Gasteiger partial charge in [0.05, 0.1) is 11.1 Å². The lowest BCUT2D eigenvalue weighted by molar-refractivity contribution is -0.279. The average molecular weight is 449 g/mol. The Bertz CT molecular complexity index is 909. The van der Waals surface area contributed by atoms with Crippen molar-refractivity contribution in [2.75, 3.05) is 13.7 Å². The van der Waals surface area contributed by atoms with E-state index in [9.17, 15) is 24.0 Å². The second kappa shape index (κ2) is 9.45. The van der Waals surface area contributed by atoms with Crippen LogP contribution in [-0.2, 0) is 38.1 Å². The molecule has 0 aliphatic carbocycles. The van der Waals surface area contributed by atoms with Crippen molar-refractivity contribution in [1.82, 2.24) is 4.90 Å². The molecule has 3 unspecified atom stereocenters. The van der Waals surface area contributed by atoms with Gasteiger partial charge in [-0.2, -0.15) is 0 Å². The molecule has 0 radical (unpaired) electrons. The van der Waals surface area contributed by atoms with E-state index in [-0.39, 0.29) is 17.7 Å². The number of hydrogen-bond donors (Lipinski definition) is 0. The quantitative estimate of drug-likeness (QED) is 0.342. The Morgan fingerprint density at radius 2 is 1.44 bits per heavy atom. The average Bonchev–Trinajstić information content (AvgIpc) is 2.98. The normalized spacial score (nSPS) is 27.0. The minimum atomic E-state index is -1.35. The summed E-state index contributed by atoms with van der Waals surface area (Å²) in [6.07, 6.45) is -5.01. The van der Waals surface area contributed by atoms with Gasteiger partial charge >= 0.3 is 17.9 Å². The number of amides is 2. The van der Waals surface area contributed by atoms with Crippen molar-refractivity contribution in [3.05, 3.63) is 35.4 Å². The fourth-order valence-corrected chi connectivity index (χ4v) is 3.83. The smallest absolute Gasteiger partial charge is 0.303 e. The van der Waals surface area contributed by atoms with Crippen molar-refractivity contribution in [3.8, 4) is 0 Å². The fourth-order valence-electron chi connectivity index (χ4n) is 3.83.